The molecule has 0 aromatic heterocycles. The van der Waals surface area contributed by atoms with Crippen LogP contribution in [-0.2, 0) is 28.6 Å². The van der Waals surface area contributed by atoms with E-state index in [4.69, 9.17) is 14.2 Å². The summed E-state index contributed by atoms with van der Waals surface area (Å²) in [5.74, 6) is -0.978. The topological polar surface area (TPSA) is 78.9 Å². The Kier molecular flexibility index (Phi) is 58.0. The Morgan fingerprint density at radius 3 is 0.853 bits per heavy atom. The van der Waals surface area contributed by atoms with Crippen LogP contribution in [0.3, 0.4) is 0 Å². The minimum absolute atomic E-state index is 0.105. The van der Waals surface area contributed by atoms with Crippen LogP contribution in [0.15, 0.2) is 146 Å². The highest BCUT2D eigenvalue weighted by Crippen LogP contribution is 2.14. The van der Waals surface area contributed by atoms with Crippen LogP contribution in [-0.4, -0.2) is 37.2 Å². The Balaban J connectivity index is 4.28. The van der Waals surface area contributed by atoms with Gasteiger partial charge in [-0.2, -0.15) is 0 Å². The van der Waals surface area contributed by atoms with Crippen LogP contribution in [0.1, 0.15) is 252 Å². The first-order valence-corrected chi connectivity index (χ1v) is 30.3. The number of rotatable bonds is 53. The summed E-state index contributed by atoms with van der Waals surface area (Å²) in [5, 5.41) is 0. The van der Waals surface area contributed by atoms with E-state index in [1.165, 1.54) is 77.0 Å². The van der Waals surface area contributed by atoms with Gasteiger partial charge in [-0.25, -0.2) is 0 Å². The van der Waals surface area contributed by atoms with Gasteiger partial charge in [-0.15, -0.1) is 0 Å². The van der Waals surface area contributed by atoms with Crippen molar-refractivity contribution in [2.45, 2.75) is 258 Å². The Hall–Kier alpha value is -4.71. The molecule has 0 spiro atoms. The molecule has 0 heterocycles. The average molecular weight is 1040 g/mol. The van der Waals surface area contributed by atoms with Crippen LogP contribution in [0.25, 0.3) is 0 Å². The van der Waals surface area contributed by atoms with Gasteiger partial charge in [0.2, 0.25) is 0 Å². The maximum Gasteiger partial charge on any atom is 0.306 e. The molecule has 0 amide bonds. The lowest BCUT2D eigenvalue weighted by molar-refractivity contribution is -0.167. The fourth-order valence-corrected chi connectivity index (χ4v) is 7.87. The zero-order valence-electron chi connectivity index (χ0n) is 48.3. The van der Waals surface area contributed by atoms with Crippen molar-refractivity contribution < 1.29 is 28.6 Å². The quantitative estimate of drug-likeness (QED) is 0.0261. The van der Waals surface area contributed by atoms with Gasteiger partial charge in [0.25, 0.3) is 0 Å². The van der Waals surface area contributed by atoms with Gasteiger partial charge in [-0.05, 0) is 116 Å². The van der Waals surface area contributed by atoms with Gasteiger partial charge in [0.15, 0.2) is 6.10 Å². The van der Waals surface area contributed by atoms with Crippen LogP contribution < -0.4 is 0 Å². The predicted octanol–water partition coefficient (Wildman–Crippen LogP) is 20.8. The zero-order chi connectivity index (χ0) is 54.3. The van der Waals surface area contributed by atoms with Crippen molar-refractivity contribution in [1.29, 1.82) is 0 Å². The zero-order valence-corrected chi connectivity index (χ0v) is 48.3. The highest BCUT2D eigenvalue weighted by Gasteiger charge is 2.19. The van der Waals surface area contributed by atoms with Gasteiger partial charge < -0.3 is 14.2 Å². The monoisotopic (exact) mass is 1030 g/mol. The first-order chi connectivity index (χ1) is 37.0. The molecule has 6 nitrogen and oxygen atoms in total. The van der Waals surface area contributed by atoms with Gasteiger partial charge in [0.05, 0.1) is 0 Å². The molecule has 75 heavy (non-hydrogen) atoms. The summed E-state index contributed by atoms with van der Waals surface area (Å²) in [6, 6.07) is 0. The first-order valence-electron chi connectivity index (χ1n) is 30.3. The molecule has 0 saturated heterocycles. The number of carbonyl (C=O) groups is 3. The molecule has 0 aromatic rings. The molecule has 0 aromatic carbocycles. The molecule has 0 N–H and O–H groups in total. The normalized spacial score (nSPS) is 13.2. The fraction of sp³-hybridized carbons (Fsp3) is 0.609. The summed E-state index contributed by atoms with van der Waals surface area (Å²) in [4.78, 5) is 38.1. The van der Waals surface area contributed by atoms with Gasteiger partial charge >= 0.3 is 17.9 Å². The van der Waals surface area contributed by atoms with Crippen molar-refractivity contribution in [2.24, 2.45) is 0 Å². The van der Waals surface area contributed by atoms with Crippen LogP contribution in [0.4, 0.5) is 0 Å². The standard InChI is InChI=1S/C69H110O6/c1-4-7-10-13-16-19-21-23-25-27-28-29-30-31-32-33-34-35-36-37-38-39-40-42-43-45-47-50-53-56-59-62-68(71)74-65-66(64-73-67(70)61-58-55-52-49-18-15-12-9-6-3)75-69(72)63-60-57-54-51-48-46-44-41-26-24-22-20-17-14-11-8-5-2/h7-8,10-11,16-17,19-20,23-26,28-29,31-32,34-35,37-38,44,46,51,54,66H,4-6,9,12-15,18,21-22,27,30,33,36,39-43,45,47-50,52-53,55-65H2,1-3H3/b10-7-,11-8-,19-16-,20-17-,25-23-,26-24-,29-28-,32-31-,35-34-,38-37-,46-44-,54-51-. The minimum Gasteiger partial charge on any atom is -0.462 e. The summed E-state index contributed by atoms with van der Waals surface area (Å²) in [5.41, 5.74) is 0. The number of esters is 3. The molecule has 6 heteroatoms. The van der Waals surface area contributed by atoms with E-state index in [0.717, 1.165) is 128 Å². The Bertz CT molecular complexity index is 1660. The lowest BCUT2D eigenvalue weighted by atomic mass is 10.1. The SMILES string of the molecule is CC/C=C\C/C=C\C/C=C\C/C=C\C/C=C\C/C=C\C/C=C\CCCCCCCCCCCC(=O)OCC(COC(=O)CCCCCCCCCCC)OC(=O)CCC/C=C\C/C=C\C/C=C\C/C=C\C/C=C\CC. The molecule has 0 saturated carbocycles. The molecular formula is C69H110O6. The first kappa shape index (κ1) is 70.3. The number of ether oxygens (including phenoxy) is 3. The molecule has 0 aliphatic carbocycles. The fourth-order valence-electron chi connectivity index (χ4n) is 7.87. The smallest absolute Gasteiger partial charge is 0.306 e. The maximum absolute atomic E-state index is 12.8. The van der Waals surface area contributed by atoms with Gasteiger partial charge in [-0.1, -0.05) is 263 Å². The molecular weight excluding hydrogens is 925 g/mol. The van der Waals surface area contributed by atoms with Gasteiger partial charge in [0, 0.05) is 19.3 Å². The average Bonchev–Trinajstić information content (AvgIpc) is 3.41. The molecule has 1 atom stereocenters. The number of hydrogen-bond donors (Lipinski definition) is 0. The second kappa shape index (κ2) is 61.8. The van der Waals surface area contributed by atoms with E-state index < -0.39 is 6.10 Å². The van der Waals surface area contributed by atoms with Crippen LogP contribution in [0.5, 0.6) is 0 Å². The maximum atomic E-state index is 12.8. The second-order valence-electron chi connectivity index (χ2n) is 19.5. The van der Waals surface area contributed by atoms with Crippen molar-refractivity contribution >= 4 is 17.9 Å². The van der Waals surface area contributed by atoms with Crippen molar-refractivity contribution in [3.8, 4) is 0 Å². The molecule has 0 fully saturated rings. The van der Waals surface area contributed by atoms with Crippen molar-refractivity contribution in [1.82, 2.24) is 0 Å². The lowest BCUT2D eigenvalue weighted by Crippen LogP contribution is -2.30. The number of carbonyl (C=O) groups excluding carboxylic acids is 3. The van der Waals surface area contributed by atoms with Crippen molar-refractivity contribution in [3.05, 3.63) is 146 Å². The second-order valence-corrected chi connectivity index (χ2v) is 19.5. The Labute approximate surface area is 461 Å². The van der Waals surface area contributed by atoms with Crippen LogP contribution in [0, 0.1) is 0 Å². The van der Waals surface area contributed by atoms with E-state index in [1.54, 1.807) is 0 Å². The summed E-state index contributed by atoms with van der Waals surface area (Å²) >= 11 is 0. The summed E-state index contributed by atoms with van der Waals surface area (Å²) < 4.78 is 16.8. The van der Waals surface area contributed by atoms with E-state index in [-0.39, 0.29) is 37.5 Å². The third kappa shape index (κ3) is 60.0. The highest BCUT2D eigenvalue weighted by atomic mass is 16.6. The summed E-state index contributed by atoms with van der Waals surface area (Å²) in [7, 11) is 0. The third-order valence-electron chi connectivity index (χ3n) is 12.3. The third-order valence-corrected chi connectivity index (χ3v) is 12.3. The number of hydrogen-bond acceptors (Lipinski definition) is 6. The molecule has 0 rings (SSSR count). The summed E-state index contributed by atoms with van der Waals surface area (Å²) in [6.45, 7) is 6.33. The van der Waals surface area contributed by atoms with Crippen molar-refractivity contribution in [2.75, 3.05) is 13.2 Å². The predicted molar refractivity (Wildman–Crippen MR) is 325 cm³/mol. The van der Waals surface area contributed by atoms with E-state index in [2.05, 4.69) is 167 Å². The van der Waals surface area contributed by atoms with E-state index >= 15 is 0 Å². The van der Waals surface area contributed by atoms with Crippen molar-refractivity contribution in [3.63, 3.8) is 0 Å². The molecule has 0 bridgehead atoms. The van der Waals surface area contributed by atoms with Gasteiger partial charge in [-0.3, -0.25) is 14.4 Å². The Morgan fingerprint density at radius 1 is 0.280 bits per heavy atom. The molecule has 0 aliphatic rings. The highest BCUT2D eigenvalue weighted by molar-refractivity contribution is 5.71. The summed E-state index contributed by atoms with van der Waals surface area (Å²) in [6.07, 6.45) is 88.6. The molecule has 1 unspecified atom stereocenters. The van der Waals surface area contributed by atoms with Crippen LogP contribution >= 0.6 is 0 Å². The largest absolute Gasteiger partial charge is 0.462 e. The molecule has 422 valence electrons. The molecule has 0 radical (unpaired) electrons. The molecule has 0 aliphatic heterocycles. The lowest BCUT2D eigenvalue weighted by Gasteiger charge is -2.18. The number of allylic oxidation sites excluding steroid dienone is 24. The van der Waals surface area contributed by atoms with E-state index in [1.807, 2.05) is 0 Å². The number of unbranched alkanes of at least 4 members (excludes halogenated alkanes) is 18. The van der Waals surface area contributed by atoms with Gasteiger partial charge in [0.1, 0.15) is 13.2 Å². The minimum atomic E-state index is -0.813. The Morgan fingerprint density at radius 2 is 0.533 bits per heavy atom. The van der Waals surface area contributed by atoms with E-state index in [0.29, 0.717) is 19.3 Å². The van der Waals surface area contributed by atoms with E-state index in [9.17, 15) is 14.4 Å². The van der Waals surface area contributed by atoms with Crippen LogP contribution in [0.2, 0.25) is 0 Å².